The first kappa shape index (κ1) is 15.4. The van der Waals surface area contributed by atoms with Crippen molar-refractivity contribution in [3.63, 3.8) is 0 Å². The van der Waals surface area contributed by atoms with Gasteiger partial charge in [0, 0.05) is 12.0 Å². The summed E-state index contributed by atoms with van der Waals surface area (Å²) in [5, 5.41) is 15.4. The number of oxime groups is 2. The van der Waals surface area contributed by atoms with Crippen molar-refractivity contribution in [1.29, 1.82) is 0 Å². The Kier molecular flexibility index (Phi) is 5.37. The van der Waals surface area contributed by atoms with Crippen LogP contribution in [0.2, 0.25) is 0 Å². The first-order chi connectivity index (χ1) is 10.7. The quantitative estimate of drug-likeness (QED) is 0.327. The van der Waals surface area contributed by atoms with Crippen LogP contribution in [-0.2, 0) is 17.9 Å². The van der Waals surface area contributed by atoms with Crippen molar-refractivity contribution < 1.29 is 10.0 Å². The minimum atomic E-state index is 0.153. The fraction of sp³-hybridized carbons (Fsp3) is 0.125. The minimum Gasteiger partial charge on any atom is -0.409 e. The van der Waals surface area contributed by atoms with Crippen LogP contribution in [0.25, 0.3) is 0 Å². The summed E-state index contributed by atoms with van der Waals surface area (Å²) >= 11 is 0. The fourth-order valence-corrected chi connectivity index (χ4v) is 1.84. The van der Waals surface area contributed by atoms with E-state index in [1.807, 2.05) is 54.6 Å². The summed E-state index contributed by atoms with van der Waals surface area (Å²) in [5.74, 6) is 0.451. The zero-order valence-electron chi connectivity index (χ0n) is 12.0. The van der Waals surface area contributed by atoms with Gasteiger partial charge < -0.3 is 21.5 Å². The molecular weight excluding hydrogens is 280 g/mol. The number of nitrogens with two attached hydrogens (primary N) is 2. The summed E-state index contributed by atoms with van der Waals surface area (Å²) in [5.41, 5.74) is 14.0. The lowest BCUT2D eigenvalue weighted by Crippen LogP contribution is -2.16. The SMILES string of the molecule is NC(Cc1ccc(C(N)=NOCc2ccccc2)cc1)=NO. The summed E-state index contributed by atoms with van der Waals surface area (Å²) in [4.78, 5) is 5.24. The molecule has 6 heteroatoms. The highest BCUT2D eigenvalue weighted by atomic mass is 16.6. The number of benzene rings is 2. The van der Waals surface area contributed by atoms with Crippen LogP contribution < -0.4 is 11.5 Å². The summed E-state index contributed by atoms with van der Waals surface area (Å²) in [7, 11) is 0. The third kappa shape index (κ3) is 4.52. The average Bonchev–Trinajstić information content (AvgIpc) is 2.56. The van der Waals surface area contributed by atoms with Crippen LogP contribution in [0.15, 0.2) is 64.9 Å². The van der Waals surface area contributed by atoms with Crippen LogP contribution in [0.5, 0.6) is 0 Å². The van der Waals surface area contributed by atoms with E-state index in [-0.39, 0.29) is 5.84 Å². The van der Waals surface area contributed by atoms with Crippen LogP contribution in [0, 0.1) is 0 Å². The van der Waals surface area contributed by atoms with Crippen molar-refractivity contribution in [2.24, 2.45) is 21.8 Å². The Labute approximate surface area is 128 Å². The minimum absolute atomic E-state index is 0.153. The Bertz CT molecular complexity index is 652. The second-order valence-corrected chi connectivity index (χ2v) is 4.70. The van der Waals surface area contributed by atoms with Crippen molar-refractivity contribution in [2.45, 2.75) is 13.0 Å². The third-order valence-corrected chi connectivity index (χ3v) is 3.00. The smallest absolute Gasteiger partial charge is 0.170 e. The molecule has 0 saturated heterocycles. The molecule has 0 unspecified atom stereocenters. The maximum Gasteiger partial charge on any atom is 0.170 e. The maximum absolute atomic E-state index is 8.54. The van der Waals surface area contributed by atoms with Gasteiger partial charge in [0.05, 0.1) is 0 Å². The zero-order chi connectivity index (χ0) is 15.8. The van der Waals surface area contributed by atoms with Gasteiger partial charge in [0.2, 0.25) is 0 Å². The molecule has 0 bridgehead atoms. The van der Waals surface area contributed by atoms with E-state index in [0.29, 0.717) is 18.9 Å². The average molecular weight is 298 g/mol. The summed E-state index contributed by atoms with van der Waals surface area (Å²) in [6, 6.07) is 17.0. The number of rotatable bonds is 6. The Morgan fingerprint density at radius 1 is 0.955 bits per heavy atom. The molecule has 0 amide bonds. The van der Waals surface area contributed by atoms with Crippen LogP contribution in [-0.4, -0.2) is 16.9 Å². The van der Waals surface area contributed by atoms with E-state index in [4.69, 9.17) is 21.5 Å². The van der Waals surface area contributed by atoms with Crippen molar-refractivity contribution in [3.05, 3.63) is 71.3 Å². The molecule has 2 aromatic rings. The molecule has 2 rings (SSSR count). The van der Waals surface area contributed by atoms with Crippen molar-refractivity contribution in [1.82, 2.24) is 0 Å². The molecule has 5 N–H and O–H groups in total. The third-order valence-electron chi connectivity index (χ3n) is 3.00. The van der Waals surface area contributed by atoms with Gasteiger partial charge in [0.1, 0.15) is 12.4 Å². The number of nitrogens with zero attached hydrogens (tertiary/aromatic N) is 2. The molecule has 114 valence electrons. The number of hydrogen-bond acceptors (Lipinski definition) is 4. The van der Waals surface area contributed by atoms with Gasteiger partial charge in [-0.25, -0.2) is 0 Å². The summed E-state index contributed by atoms with van der Waals surface area (Å²) < 4.78 is 0. The van der Waals surface area contributed by atoms with E-state index in [2.05, 4.69) is 10.3 Å². The van der Waals surface area contributed by atoms with Gasteiger partial charge in [0.25, 0.3) is 0 Å². The first-order valence-corrected chi connectivity index (χ1v) is 6.74. The molecule has 0 aliphatic rings. The van der Waals surface area contributed by atoms with E-state index in [1.165, 1.54) is 0 Å². The van der Waals surface area contributed by atoms with Crippen LogP contribution in [0.4, 0.5) is 0 Å². The standard InChI is InChI=1S/C16H18N4O2/c17-15(19-21)10-12-6-8-14(9-7-12)16(18)20-22-11-13-4-2-1-3-5-13/h1-9,21H,10-11H2,(H2,17,19)(H2,18,20). The lowest BCUT2D eigenvalue weighted by Gasteiger charge is -2.04. The van der Waals surface area contributed by atoms with Crippen LogP contribution >= 0.6 is 0 Å². The second kappa shape index (κ2) is 7.68. The predicted octanol–water partition coefficient (Wildman–Crippen LogP) is 1.81. The van der Waals surface area contributed by atoms with E-state index in [0.717, 1.165) is 16.7 Å². The largest absolute Gasteiger partial charge is 0.409 e. The Balaban J connectivity index is 1.94. The van der Waals surface area contributed by atoms with Gasteiger partial charge in [-0.15, -0.1) is 0 Å². The molecule has 2 aromatic carbocycles. The van der Waals surface area contributed by atoms with Gasteiger partial charge in [-0.3, -0.25) is 0 Å². The highest BCUT2D eigenvalue weighted by Crippen LogP contribution is 2.06. The van der Waals surface area contributed by atoms with Gasteiger partial charge in [-0.1, -0.05) is 64.9 Å². The Morgan fingerprint density at radius 3 is 2.27 bits per heavy atom. The number of hydrogen-bond donors (Lipinski definition) is 3. The molecule has 0 aliphatic carbocycles. The highest BCUT2D eigenvalue weighted by molar-refractivity contribution is 5.97. The maximum atomic E-state index is 8.54. The summed E-state index contributed by atoms with van der Waals surface area (Å²) in [6.45, 7) is 0.364. The van der Waals surface area contributed by atoms with Gasteiger partial charge in [-0.05, 0) is 11.1 Å². The van der Waals surface area contributed by atoms with Crippen molar-refractivity contribution in [3.8, 4) is 0 Å². The topological polar surface area (TPSA) is 106 Å². The second-order valence-electron chi connectivity index (χ2n) is 4.70. The van der Waals surface area contributed by atoms with E-state index in [9.17, 15) is 0 Å². The number of amidine groups is 2. The normalized spacial score (nSPS) is 12.2. The lowest BCUT2D eigenvalue weighted by molar-refractivity contribution is 0.130. The lowest BCUT2D eigenvalue weighted by atomic mass is 10.1. The predicted molar refractivity (Wildman–Crippen MR) is 85.5 cm³/mol. The molecule has 6 nitrogen and oxygen atoms in total. The fourth-order valence-electron chi connectivity index (χ4n) is 1.84. The highest BCUT2D eigenvalue weighted by Gasteiger charge is 2.02. The van der Waals surface area contributed by atoms with E-state index in [1.54, 1.807) is 0 Å². The monoisotopic (exact) mass is 298 g/mol. The zero-order valence-corrected chi connectivity index (χ0v) is 12.0. The molecule has 0 aliphatic heterocycles. The van der Waals surface area contributed by atoms with E-state index < -0.39 is 0 Å². The molecule has 0 radical (unpaired) electrons. The molecule has 0 fully saturated rings. The molecular formula is C16H18N4O2. The Hall–Kier alpha value is -3.02. The van der Waals surface area contributed by atoms with Crippen molar-refractivity contribution >= 4 is 11.7 Å². The van der Waals surface area contributed by atoms with Gasteiger partial charge in [-0.2, -0.15) is 0 Å². The van der Waals surface area contributed by atoms with Gasteiger partial charge >= 0.3 is 0 Å². The molecule has 0 heterocycles. The first-order valence-electron chi connectivity index (χ1n) is 6.74. The van der Waals surface area contributed by atoms with Crippen LogP contribution in [0.1, 0.15) is 16.7 Å². The molecule has 0 aromatic heterocycles. The van der Waals surface area contributed by atoms with E-state index >= 15 is 0 Å². The summed E-state index contributed by atoms with van der Waals surface area (Å²) in [6.07, 6.45) is 0.373. The van der Waals surface area contributed by atoms with Crippen molar-refractivity contribution in [2.75, 3.05) is 0 Å². The molecule has 0 saturated carbocycles. The van der Waals surface area contributed by atoms with Gasteiger partial charge in [0.15, 0.2) is 5.84 Å². The molecule has 22 heavy (non-hydrogen) atoms. The Morgan fingerprint density at radius 2 is 1.64 bits per heavy atom. The molecule has 0 atom stereocenters. The molecule has 0 spiro atoms. The van der Waals surface area contributed by atoms with Crippen LogP contribution in [0.3, 0.4) is 0 Å².